The molecule has 0 aliphatic carbocycles. The molecule has 5 rings (SSSR count). The molecule has 10 heteroatoms. The van der Waals surface area contributed by atoms with Gasteiger partial charge in [-0.2, -0.15) is 18.3 Å². The molecule has 0 bridgehead atoms. The van der Waals surface area contributed by atoms with Crippen LogP contribution < -0.4 is 15.6 Å². The number of aromatic nitrogens is 3. The highest BCUT2D eigenvalue weighted by atomic mass is 19.4. The lowest BCUT2D eigenvalue weighted by Gasteiger charge is -2.11. The van der Waals surface area contributed by atoms with Crippen LogP contribution in [-0.4, -0.2) is 21.3 Å². The second-order valence-corrected chi connectivity index (χ2v) is 7.38. The van der Waals surface area contributed by atoms with Crippen LogP contribution in [0.5, 0.6) is 5.75 Å². The molecule has 4 aromatic rings. The fourth-order valence-electron chi connectivity index (χ4n) is 3.66. The van der Waals surface area contributed by atoms with Gasteiger partial charge in [0.2, 0.25) is 0 Å². The summed E-state index contributed by atoms with van der Waals surface area (Å²) < 4.78 is 50.6. The van der Waals surface area contributed by atoms with Crippen LogP contribution in [0.3, 0.4) is 0 Å². The maximum Gasteiger partial charge on any atom is 0.435 e. The summed E-state index contributed by atoms with van der Waals surface area (Å²) >= 11 is 0. The van der Waals surface area contributed by atoms with Crippen molar-refractivity contribution in [3.05, 3.63) is 81.7 Å². The molecule has 3 aromatic heterocycles. The average Bonchev–Trinajstić information content (AvgIpc) is 3.15. The number of nitrogens with zero attached hydrogens (tertiary/aromatic N) is 3. The number of rotatable bonds is 4. The van der Waals surface area contributed by atoms with Gasteiger partial charge in [-0.05, 0) is 30.3 Å². The van der Waals surface area contributed by atoms with E-state index in [4.69, 9.17) is 9.15 Å². The maximum absolute atomic E-state index is 12.6. The Bertz CT molecular complexity index is 1340. The van der Waals surface area contributed by atoms with Crippen molar-refractivity contribution < 1.29 is 22.3 Å². The quantitative estimate of drug-likeness (QED) is 0.520. The van der Waals surface area contributed by atoms with E-state index in [1.165, 1.54) is 16.7 Å². The highest BCUT2D eigenvalue weighted by Gasteiger charge is 2.32. The second-order valence-electron chi connectivity index (χ2n) is 7.38. The van der Waals surface area contributed by atoms with Gasteiger partial charge in [0.15, 0.2) is 5.69 Å². The van der Waals surface area contributed by atoms with E-state index >= 15 is 0 Å². The molecule has 0 atom stereocenters. The number of alkyl halides is 3. The van der Waals surface area contributed by atoms with Crippen LogP contribution in [-0.2, 0) is 25.7 Å². The fourth-order valence-corrected chi connectivity index (χ4v) is 3.66. The van der Waals surface area contributed by atoms with Gasteiger partial charge in [0.25, 0.3) is 5.56 Å². The third-order valence-electron chi connectivity index (χ3n) is 5.26. The number of benzene rings is 1. The molecular weight excluding hydrogens is 425 g/mol. The molecule has 1 aliphatic heterocycles. The average molecular weight is 442 g/mol. The minimum Gasteiger partial charge on any atom is -0.487 e. The van der Waals surface area contributed by atoms with Gasteiger partial charge in [-0.1, -0.05) is 0 Å². The van der Waals surface area contributed by atoms with E-state index in [0.717, 1.165) is 47.9 Å². The molecule has 0 spiro atoms. The van der Waals surface area contributed by atoms with Gasteiger partial charge >= 0.3 is 6.18 Å². The molecule has 7 nitrogen and oxygen atoms in total. The Labute approximate surface area is 179 Å². The molecule has 0 amide bonds. The predicted octanol–water partition coefficient (Wildman–Crippen LogP) is 3.62. The molecule has 0 unspecified atom stereocenters. The molecule has 1 aromatic carbocycles. The number of hydrogen-bond donors (Lipinski definition) is 1. The van der Waals surface area contributed by atoms with Gasteiger partial charge in [-0.25, -0.2) is 0 Å². The number of fused-ring (bicyclic) bond motifs is 3. The van der Waals surface area contributed by atoms with E-state index in [0.29, 0.717) is 5.69 Å². The van der Waals surface area contributed by atoms with Crippen molar-refractivity contribution in [1.82, 2.24) is 20.1 Å². The molecule has 4 heterocycles. The summed E-state index contributed by atoms with van der Waals surface area (Å²) in [4.78, 5) is 12.6. The molecule has 0 radical (unpaired) electrons. The van der Waals surface area contributed by atoms with Crippen molar-refractivity contribution in [1.29, 1.82) is 0 Å². The monoisotopic (exact) mass is 442 g/mol. The van der Waals surface area contributed by atoms with E-state index in [-0.39, 0.29) is 23.6 Å². The zero-order valence-electron chi connectivity index (χ0n) is 16.6. The second kappa shape index (κ2) is 7.79. The van der Waals surface area contributed by atoms with Gasteiger partial charge in [0.1, 0.15) is 29.4 Å². The number of pyridine rings is 1. The number of furan rings is 1. The highest BCUT2D eigenvalue weighted by Crippen LogP contribution is 2.30. The van der Waals surface area contributed by atoms with Crippen LogP contribution in [0, 0.1) is 0 Å². The number of ether oxygens (including phenoxy) is 1. The van der Waals surface area contributed by atoms with E-state index in [1.54, 1.807) is 12.3 Å². The molecule has 0 fully saturated rings. The van der Waals surface area contributed by atoms with Crippen molar-refractivity contribution in [2.75, 3.05) is 6.54 Å². The predicted molar refractivity (Wildman–Crippen MR) is 109 cm³/mol. The number of halogens is 3. The summed E-state index contributed by atoms with van der Waals surface area (Å²) in [6.45, 7) is 1.52. The van der Waals surface area contributed by atoms with Crippen molar-refractivity contribution in [2.45, 2.75) is 25.7 Å². The van der Waals surface area contributed by atoms with Crippen molar-refractivity contribution >= 4 is 11.0 Å². The zero-order chi connectivity index (χ0) is 22.3. The Kier molecular flexibility index (Phi) is 4.93. The van der Waals surface area contributed by atoms with Gasteiger partial charge in [0, 0.05) is 48.8 Å². The van der Waals surface area contributed by atoms with Crippen LogP contribution in [0.15, 0.2) is 57.9 Å². The van der Waals surface area contributed by atoms with Gasteiger partial charge < -0.3 is 14.5 Å². The first-order valence-electron chi connectivity index (χ1n) is 9.89. The first-order chi connectivity index (χ1) is 15.4. The van der Waals surface area contributed by atoms with Crippen molar-refractivity contribution in [3.63, 3.8) is 0 Å². The van der Waals surface area contributed by atoms with Gasteiger partial charge in [-0.15, -0.1) is 5.10 Å². The summed E-state index contributed by atoms with van der Waals surface area (Å²) in [5.41, 5.74) is 1.35. The van der Waals surface area contributed by atoms with Gasteiger partial charge in [0.05, 0.1) is 5.69 Å². The number of nitrogens with one attached hydrogen (secondary N) is 1. The van der Waals surface area contributed by atoms with E-state index in [2.05, 4.69) is 15.5 Å². The lowest BCUT2D eigenvalue weighted by molar-refractivity contribution is -0.141. The highest BCUT2D eigenvalue weighted by molar-refractivity contribution is 5.84. The molecule has 0 saturated carbocycles. The largest absolute Gasteiger partial charge is 0.487 e. The smallest absolute Gasteiger partial charge is 0.435 e. The normalized spacial score (nSPS) is 13.8. The van der Waals surface area contributed by atoms with Gasteiger partial charge in [-0.3, -0.25) is 9.36 Å². The SMILES string of the molecule is O=c1cc(OCc2ccc(C(F)(F)F)nn2)ccn1-c1ccc2c3c(oc2c1)CCNC3. The number of hydrogen-bond acceptors (Lipinski definition) is 6. The Morgan fingerprint density at radius 2 is 2.00 bits per heavy atom. The summed E-state index contributed by atoms with van der Waals surface area (Å²) in [6, 6.07) is 10.5. The molecule has 32 heavy (non-hydrogen) atoms. The molecule has 1 aliphatic rings. The molecule has 0 saturated heterocycles. The molecule has 164 valence electrons. The Hall–Kier alpha value is -3.66. The standard InChI is InChI=1S/C22H17F3N4O3/c23-22(24,25)20-4-1-13(27-28-20)12-31-15-6-8-29(21(30)10-15)14-2-3-16-17-11-26-7-5-18(17)32-19(16)9-14/h1-4,6,8-10,26H,5,7,11-12H2. The zero-order valence-corrected chi connectivity index (χ0v) is 16.6. The van der Waals surface area contributed by atoms with Crippen LogP contribution in [0.4, 0.5) is 13.2 Å². The van der Waals surface area contributed by atoms with Crippen LogP contribution in [0.25, 0.3) is 16.7 Å². The summed E-state index contributed by atoms with van der Waals surface area (Å²) in [7, 11) is 0. The first-order valence-corrected chi connectivity index (χ1v) is 9.89. The van der Waals surface area contributed by atoms with E-state index in [9.17, 15) is 18.0 Å². The van der Waals surface area contributed by atoms with Crippen LogP contribution in [0.2, 0.25) is 0 Å². The van der Waals surface area contributed by atoms with Crippen LogP contribution >= 0.6 is 0 Å². The van der Waals surface area contributed by atoms with Crippen LogP contribution in [0.1, 0.15) is 22.7 Å². The Balaban J connectivity index is 1.33. The van der Waals surface area contributed by atoms with Crippen molar-refractivity contribution in [2.24, 2.45) is 0 Å². The van der Waals surface area contributed by atoms with Crippen molar-refractivity contribution in [3.8, 4) is 11.4 Å². The minimum atomic E-state index is -4.55. The summed E-state index contributed by atoms with van der Waals surface area (Å²) in [5, 5.41) is 11.0. The van der Waals surface area contributed by atoms with E-state index in [1.807, 2.05) is 18.2 Å². The lowest BCUT2D eigenvalue weighted by atomic mass is 10.1. The third-order valence-corrected chi connectivity index (χ3v) is 5.26. The summed E-state index contributed by atoms with van der Waals surface area (Å²) in [6.07, 6.45) is -2.15. The molecule has 1 N–H and O–H groups in total. The lowest BCUT2D eigenvalue weighted by Crippen LogP contribution is -2.22. The minimum absolute atomic E-state index is 0.119. The maximum atomic E-state index is 12.6. The summed E-state index contributed by atoms with van der Waals surface area (Å²) in [5.74, 6) is 1.24. The third kappa shape index (κ3) is 3.84. The van der Waals surface area contributed by atoms with E-state index < -0.39 is 11.9 Å². The fraction of sp³-hybridized carbons (Fsp3) is 0.227. The first kappa shape index (κ1) is 20.3. The topological polar surface area (TPSA) is 82.2 Å². The molecular formula is C22H17F3N4O3. The Morgan fingerprint density at radius 3 is 2.75 bits per heavy atom. The Morgan fingerprint density at radius 1 is 1.12 bits per heavy atom.